The number of amides is 1. The summed E-state index contributed by atoms with van der Waals surface area (Å²) in [4.78, 5) is 15.3. The number of hydrogen-bond acceptors (Lipinski definition) is 2. The molecule has 0 bridgehead atoms. The maximum absolute atomic E-state index is 12.1. The number of benzene rings is 1. The second kappa shape index (κ2) is 5.70. The lowest BCUT2D eigenvalue weighted by Crippen LogP contribution is -2.30. The highest BCUT2D eigenvalue weighted by Gasteiger charge is 2.15. The monoisotopic (exact) mass is 274 g/mol. The normalized spacial score (nSPS) is 16.6. The lowest BCUT2D eigenvalue weighted by Gasteiger charge is -2.21. The molecule has 1 fully saturated rings. The van der Waals surface area contributed by atoms with Crippen molar-refractivity contribution in [2.45, 2.75) is 12.8 Å². The van der Waals surface area contributed by atoms with Crippen LogP contribution in [-0.4, -0.2) is 28.9 Å². The molecule has 0 spiro atoms. The van der Waals surface area contributed by atoms with Crippen LogP contribution in [0.2, 0.25) is 0 Å². The maximum atomic E-state index is 12.1. The summed E-state index contributed by atoms with van der Waals surface area (Å²) >= 11 is 2.01. The molecule has 1 aliphatic rings. The molecule has 1 amide bonds. The molecule has 2 aromatic rings. The van der Waals surface area contributed by atoms with E-state index in [4.69, 9.17) is 0 Å². The number of rotatable bonds is 3. The fraction of sp³-hybridized carbons (Fsp3) is 0.400. The van der Waals surface area contributed by atoms with Gasteiger partial charge >= 0.3 is 0 Å². The summed E-state index contributed by atoms with van der Waals surface area (Å²) < 4.78 is 0. The highest BCUT2D eigenvalue weighted by Crippen LogP contribution is 2.22. The molecule has 1 saturated heterocycles. The molecule has 0 unspecified atom stereocenters. The summed E-state index contributed by atoms with van der Waals surface area (Å²) in [6.45, 7) is 0.808. The lowest BCUT2D eigenvalue weighted by atomic mass is 10.0. The number of H-pyrrole nitrogens is 1. The van der Waals surface area contributed by atoms with Gasteiger partial charge in [0.15, 0.2) is 0 Å². The molecule has 0 radical (unpaired) electrons. The van der Waals surface area contributed by atoms with Crippen molar-refractivity contribution in [2.75, 3.05) is 18.1 Å². The van der Waals surface area contributed by atoms with E-state index in [1.165, 1.54) is 24.3 Å². The van der Waals surface area contributed by atoms with Crippen molar-refractivity contribution in [1.29, 1.82) is 0 Å². The van der Waals surface area contributed by atoms with E-state index in [1.54, 1.807) is 0 Å². The Balaban J connectivity index is 1.62. The molecule has 0 atom stereocenters. The van der Waals surface area contributed by atoms with Crippen LogP contribution < -0.4 is 5.32 Å². The van der Waals surface area contributed by atoms with Crippen LogP contribution in [-0.2, 0) is 0 Å². The molecule has 4 heteroatoms. The second-order valence-corrected chi connectivity index (χ2v) is 6.27. The van der Waals surface area contributed by atoms with Gasteiger partial charge in [0, 0.05) is 23.8 Å². The van der Waals surface area contributed by atoms with Crippen molar-refractivity contribution >= 4 is 28.6 Å². The Hall–Kier alpha value is -1.42. The third-order valence-electron chi connectivity index (χ3n) is 3.71. The molecule has 2 N–H and O–H groups in total. The minimum Gasteiger partial charge on any atom is -0.361 e. The van der Waals surface area contributed by atoms with Crippen molar-refractivity contribution in [1.82, 2.24) is 10.3 Å². The van der Waals surface area contributed by atoms with Gasteiger partial charge in [-0.1, -0.05) is 6.07 Å². The number of carbonyl (C=O) groups is 1. The zero-order chi connectivity index (χ0) is 13.1. The van der Waals surface area contributed by atoms with Gasteiger partial charge in [0.2, 0.25) is 0 Å². The fourth-order valence-electron chi connectivity index (χ4n) is 2.48. The number of carbonyl (C=O) groups excluding carboxylic acids is 1. The Bertz CT molecular complexity index is 572. The molecule has 1 aromatic carbocycles. The first-order valence-corrected chi connectivity index (χ1v) is 7.91. The first-order chi connectivity index (χ1) is 9.33. The van der Waals surface area contributed by atoms with Gasteiger partial charge < -0.3 is 10.3 Å². The molecular formula is C15H18N2OS. The Kier molecular flexibility index (Phi) is 3.78. The third kappa shape index (κ3) is 2.95. The minimum atomic E-state index is 0.0368. The highest BCUT2D eigenvalue weighted by atomic mass is 32.2. The molecular weight excluding hydrogens is 256 g/mol. The molecule has 1 aliphatic heterocycles. The van der Waals surface area contributed by atoms with Gasteiger partial charge in [-0.05, 0) is 53.9 Å². The van der Waals surface area contributed by atoms with Gasteiger partial charge in [0.1, 0.15) is 0 Å². The van der Waals surface area contributed by atoms with Crippen LogP contribution in [0.15, 0.2) is 30.5 Å². The summed E-state index contributed by atoms with van der Waals surface area (Å²) in [5, 5.41) is 4.20. The van der Waals surface area contributed by atoms with Gasteiger partial charge in [-0.15, -0.1) is 0 Å². The first kappa shape index (κ1) is 12.6. The molecule has 0 aliphatic carbocycles. The largest absolute Gasteiger partial charge is 0.361 e. The minimum absolute atomic E-state index is 0.0368. The fourth-order valence-corrected chi connectivity index (χ4v) is 3.68. The van der Waals surface area contributed by atoms with E-state index in [0.717, 1.165) is 23.0 Å². The number of hydrogen-bond donors (Lipinski definition) is 2. The number of aromatic amines is 1. The van der Waals surface area contributed by atoms with Crippen molar-refractivity contribution < 1.29 is 4.79 Å². The van der Waals surface area contributed by atoms with E-state index >= 15 is 0 Å². The predicted octanol–water partition coefficient (Wildman–Crippen LogP) is 3.04. The van der Waals surface area contributed by atoms with E-state index in [9.17, 15) is 4.79 Å². The van der Waals surface area contributed by atoms with E-state index < -0.39 is 0 Å². The summed E-state index contributed by atoms with van der Waals surface area (Å²) in [7, 11) is 0. The molecule has 100 valence electrons. The van der Waals surface area contributed by atoms with Gasteiger partial charge in [-0.25, -0.2) is 0 Å². The summed E-state index contributed by atoms with van der Waals surface area (Å²) in [5.74, 6) is 3.15. The van der Waals surface area contributed by atoms with Crippen molar-refractivity contribution in [3.63, 3.8) is 0 Å². The number of fused-ring (bicyclic) bond motifs is 1. The van der Waals surface area contributed by atoms with Crippen LogP contribution >= 0.6 is 11.8 Å². The smallest absolute Gasteiger partial charge is 0.251 e. The molecule has 2 heterocycles. The third-order valence-corrected chi connectivity index (χ3v) is 4.76. The molecule has 0 saturated carbocycles. The van der Waals surface area contributed by atoms with Gasteiger partial charge in [-0.2, -0.15) is 11.8 Å². The average Bonchev–Trinajstić information content (AvgIpc) is 2.93. The number of nitrogens with one attached hydrogen (secondary N) is 2. The standard InChI is InChI=1S/C15H18N2OS/c18-15(17-10-11-4-7-19-8-5-11)13-2-1-12-3-6-16-14(12)9-13/h1-3,6,9,11,16H,4-5,7-8,10H2,(H,17,18). The van der Waals surface area contributed by atoms with Crippen molar-refractivity contribution in [3.05, 3.63) is 36.0 Å². The number of aromatic nitrogens is 1. The Morgan fingerprint density at radius 2 is 2.16 bits per heavy atom. The predicted molar refractivity (Wildman–Crippen MR) is 80.7 cm³/mol. The Morgan fingerprint density at radius 1 is 1.32 bits per heavy atom. The first-order valence-electron chi connectivity index (χ1n) is 6.76. The SMILES string of the molecule is O=C(NCC1CCSCC1)c1ccc2cc[nH]c2c1. The quantitative estimate of drug-likeness (QED) is 0.903. The van der Waals surface area contributed by atoms with Gasteiger partial charge in [-0.3, -0.25) is 4.79 Å². The van der Waals surface area contributed by atoms with Gasteiger partial charge in [0.05, 0.1) is 0 Å². The topological polar surface area (TPSA) is 44.9 Å². The average molecular weight is 274 g/mol. The summed E-state index contributed by atoms with van der Waals surface area (Å²) in [5.41, 5.74) is 1.75. The van der Waals surface area contributed by atoms with Crippen molar-refractivity contribution in [3.8, 4) is 0 Å². The van der Waals surface area contributed by atoms with Crippen LogP contribution in [0.5, 0.6) is 0 Å². The van der Waals surface area contributed by atoms with Crippen LogP contribution in [0.4, 0.5) is 0 Å². The Morgan fingerprint density at radius 3 is 3.00 bits per heavy atom. The molecule has 3 nitrogen and oxygen atoms in total. The van der Waals surface area contributed by atoms with Crippen LogP contribution in [0.25, 0.3) is 10.9 Å². The molecule has 19 heavy (non-hydrogen) atoms. The van der Waals surface area contributed by atoms with Crippen molar-refractivity contribution in [2.24, 2.45) is 5.92 Å². The Labute approximate surface area is 117 Å². The zero-order valence-electron chi connectivity index (χ0n) is 10.8. The van der Waals surface area contributed by atoms with E-state index in [2.05, 4.69) is 10.3 Å². The summed E-state index contributed by atoms with van der Waals surface area (Å²) in [6, 6.07) is 7.80. The van der Waals surface area contributed by atoms with E-state index in [0.29, 0.717) is 5.92 Å². The molecule has 1 aromatic heterocycles. The summed E-state index contributed by atoms with van der Waals surface area (Å²) in [6.07, 6.45) is 4.34. The maximum Gasteiger partial charge on any atom is 0.251 e. The van der Waals surface area contributed by atoms with Crippen LogP contribution in [0.1, 0.15) is 23.2 Å². The van der Waals surface area contributed by atoms with Gasteiger partial charge in [0.25, 0.3) is 5.91 Å². The van der Waals surface area contributed by atoms with E-state index in [1.807, 2.05) is 42.2 Å². The zero-order valence-corrected chi connectivity index (χ0v) is 11.6. The number of thioether (sulfide) groups is 1. The lowest BCUT2D eigenvalue weighted by molar-refractivity contribution is 0.0946. The van der Waals surface area contributed by atoms with Crippen LogP contribution in [0.3, 0.4) is 0 Å². The highest BCUT2D eigenvalue weighted by molar-refractivity contribution is 7.99. The second-order valence-electron chi connectivity index (χ2n) is 5.05. The molecule has 3 rings (SSSR count). The van der Waals surface area contributed by atoms with E-state index in [-0.39, 0.29) is 5.91 Å². The van der Waals surface area contributed by atoms with Crippen LogP contribution in [0, 0.1) is 5.92 Å².